The Labute approximate surface area is 114 Å². The molecule has 0 fully saturated rings. The van der Waals surface area contributed by atoms with E-state index in [1.165, 1.54) is 0 Å². The van der Waals surface area contributed by atoms with Crippen LogP contribution in [0.15, 0.2) is 34.9 Å². The highest BCUT2D eigenvalue weighted by Gasteiger charge is 2.17. The highest BCUT2D eigenvalue weighted by Crippen LogP contribution is 2.31. The number of aromatic nitrogens is 2. The maximum Gasteiger partial charge on any atom is 0.0738 e. The number of rotatable bonds is 3. The quantitative estimate of drug-likeness (QED) is 0.944. The Balaban J connectivity index is 2.44. The lowest BCUT2D eigenvalue weighted by Gasteiger charge is -2.15. The van der Waals surface area contributed by atoms with Crippen LogP contribution in [-0.4, -0.2) is 9.78 Å². The second kappa shape index (κ2) is 5.21. The molecule has 1 heterocycles. The van der Waals surface area contributed by atoms with Crippen LogP contribution in [0, 0.1) is 0 Å². The van der Waals surface area contributed by atoms with Crippen LogP contribution in [0.1, 0.15) is 24.2 Å². The van der Waals surface area contributed by atoms with E-state index in [1.54, 1.807) is 6.20 Å². The molecule has 0 saturated carbocycles. The number of hydrogen-bond acceptors (Lipinski definition) is 2. The SMILES string of the molecule is CCn1nccc1C(N)c1cccc(Br)c1Cl. The molecule has 90 valence electrons. The summed E-state index contributed by atoms with van der Waals surface area (Å²) in [5.74, 6) is 0. The van der Waals surface area contributed by atoms with Gasteiger partial charge in [-0.25, -0.2) is 0 Å². The van der Waals surface area contributed by atoms with Gasteiger partial charge in [0.2, 0.25) is 0 Å². The molecule has 2 rings (SSSR count). The van der Waals surface area contributed by atoms with E-state index in [4.69, 9.17) is 17.3 Å². The third kappa shape index (κ3) is 2.39. The first kappa shape index (κ1) is 12.6. The number of halogens is 2. The minimum atomic E-state index is -0.262. The number of benzene rings is 1. The molecule has 0 saturated heterocycles. The molecule has 1 unspecified atom stereocenters. The summed E-state index contributed by atoms with van der Waals surface area (Å²) in [6.45, 7) is 2.83. The Morgan fingerprint density at radius 2 is 2.24 bits per heavy atom. The molecule has 17 heavy (non-hydrogen) atoms. The smallest absolute Gasteiger partial charge is 0.0738 e. The Hall–Kier alpha value is -0.840. The predicted molar refractivity (Wildman–Crippen MR) is 73.1 cm³/mol. The summed E-state index contributed by atoms with van der Waals surface area (Å²) in [5, 5.41) is 4.87. The highest BCUT2D eigenvalue weighted by atomic mass is 79.9. The van der Waals surface area contributed by atoms with E-state index in [0.717, 1.165) is 22.3 Å². The van der Waals surface area contributed by atoms with Crippen molar-refractivity contribution in [2.45, 2.75) is 19.5 Å². The lowest BCUT2D eigenvalue weighted by molar-refractivity contribution is 0.601. The zero-order chi connectivity index (χ0) is 12.4. The first-order valence-corrected chi connectivity index (χ1v) is 6.53. The van der Waals surface area contributed by atoms with Crippen molar-refractivity contribution in [2.24, 2.45) is 5.73 Å². The molecule has 2 aromatic rings. The summed E-state index contributed by atoms with van der Waals surface area (Å²) in [6, 6.07) is 7.42. The Morgan fingerprint density at radius 1 is 1.47 bits per heavy atom. The fourth-order valence-corrected chi connectivity index (χ4v) is 2.42. The van der Waals surface area contributed by atoms with E-state index in [1.807, 2.05) is 35.9 Å². The van der Waals surface area contributed by atoms with Crippen molar-refractivity contribution in [3.8, 4) is 0 Å². The third-order valence-corrected chi connectivity index (χ3v) is 4.00. The summed E-state index contributed by atoms with van der Waals surface area (Å²) >= 11 is 9.65. The van der Waals surface area contributed by atoms with Crippen molar-refractivity contribution in [1.82, 2.24) is 9.78 Å². The lowest BCUT2D eigenvalue weighted by atomic mass is 10.0. The normalized spacial score (nSPS) is 12.7. The number of hydrogen-bond donors (Lipinski definition) is 1. The molecule has 1 atom stereocenters. The predicted octanol–water partition coefficient (Wildman–Crippen LogP) is 3.37. The molecule has 0 aliphatic carbocycles. The van der Waals surface area contributed by atoms with Crippen molar-refractivity contribution in [1.29, 1.82) is 0 Å². The maximum absolute atomic E-state index is 6.24. The third-order valence-electron chi connectivity index (χ3n) is 2.68. The van der Waals surface area contributed by atoms with Gasteiger partial charge in [-0.2, -0.15) is 5.10 Å². The summed E-state index contributed by atoms with van der Waals surface area (Å²) < 4.78 is 2.73. The van der Waals surface area contributed by atoms with Crippen LogP contribution in [0.4, 0.5) is 0 Å². The number of nitrogens with two attached hydrogens (primary N) is 1. The van der Waals surface area contributed by atoms with Gasteiger partial charge < -0.3 is 5.73 Å². The van der Waals surface area contributed by atoms with Gasteiger partial charge in [-0.05, 0) is 40.5 Å². The monoisotopic (exact) mass is 313 g/mol. The molecule has 3 nitrogen and oxygen atoms in total. The minimum absolute atomic E-state index is 0.262. The van der Waals surface area contributed by atoms with Gasteiger partial charge in [0.1, 0.15) is 0 Å². The molecular formula is C12H13BrClN3. The van der Waals surface area contributed by atoms with Crippen LogP contribution in [0.25, 0.3) is 0 Å². The first-order valence-electron chi connectivity index (χ1n) is 5.36. The molecule has 2 N–H and O–H groups in total. The van der Waals surface area contributed by atoms with Crippen molar-refractivity contribution in [3.05, 3.63) is 51.2 Å². The molecule has 1 aromatic carbocycles. The second-order valence-electron chi connectivity index (χ2n) is 3.69. The van der Waals surface area contributed by atoms with E-state index in [9.17, 15) is 0 Å². The summed E-state index contributed by atoms with van der Waals surface area (Å²) in [6.07, 6.45) is 1.75. The number of aryl methyl sites for hydroxylation is 1. The second-order valence-corrected chi connectivity index (χ2v) is 4.92. The molecule has 1 aromatic heterocycles. The summed E-state index contributed by atoms with van der Waals surface area (Å²) in [5.41, 5.74) is 8.11. The zero-order valence-electron chi connectivity index (χ0n) is 9.40. The maximum atomic E-state index is 6.24. The average Bonchev–Trinajstić information content (AvgIpc) is 2.80. The van der Waals surface area contributed by atoms with Crippen LogP contribution in [0.2, 0.25) is 5.02 Å². The molecular weight excluding hydrogens is 302 g/mol. The Bertz CT molecular complexity index is 524. The zero-order valence-corrected chi connectivity index (χ0v) is 11.7. The summed E-state index contributed by atoms with van der Waals surface area (Å²) in [7, 11) is 0. The van der Waals surface area contributed by atoms with Gasteiger partial charge in [0.05, 0.1) is 16.8 Å². The largest absolute Gasteiger partial charge is 0.319 e. The van der Waals surface area contributed by atoms with Crippen LogP contribution >= 0.6 is 27.5 Å². The van der Waals surface area contributed by atoms with Gasteiger partial charge in [-0.15, -0.1) is 0 Å². The van der Waals surface area contributed by atoms with Crippen LogP contribution in [0.3, 0.4) is 0 Å². The van der Waals surface area contributed by atoms with E-state index in [-0.39, 0.29) is 6.04 Å². The molecule has 0 amide bonds. The van der Waals surface area contributed by atoms with Crippen LogP contribution in [-0.2, 0) is 6.54 Å². The number of nitrogens with zero attached hydrogens (tertiary/aromatic N) is 2. The Kier molecular flexibility index (Phi) is 3.86. The van der Waals surface area contributed by atoms with E-state index >= 15 is 0 Å². The lowest BCUT2D eigenvalue weighted by Crippen LogP contribution is -2.17. The van der Waals surface area contributed by atoms with Crippen molar-refractivity contribution in [3.63, 3.8) is 0 Å². The van der Waals surface area contributed by atoms with Gasteiger partial charge in [0, 0.05) is 17.2 Å². The molecule has 0 aliphatic rings. The average molecular weight is 315 g/mol. The van der Waals surface area contributed by atoms with Gasteiger partial charge in [0.15, 0.2) is 0 Å². The van der Waals surface area contributed by atoms with Gasteiger partial charge in [-0.1, -0.05) is 23.7 Å². The van der Waals surface area contributed by atoms with E-state index in [2.05, 4.69) is 21.0 Å². The van der Waals surface area contributed by atoms with Crippen molar-refractivity contribution in [2.75, 3.05) is 0 Å². The van der Waals surface area contributed by atoms with Gasteiger partial charge in [-0.3, -0.25) is 4.68 Å². The first-order chi connectivity index (χ1) is 8.15. The van der Waals surface area contributed by atoms with Crippen LogP contribution < -0.4 is 5.73 Å². The van der Waals surface area contributed by atoms with Gasteiger partial charge in [0.25, 0.3) is 0 Å². The summed E-state index contributed by atoms with van der Waals surface area (Å²) in [4.78, 5) is 0. The standard InChI is InChI=1S/C12H13BrClN3/c1-2-17-10(6-7-16-17)12(15)8-4-3-5-9(13)11(8)14/h3-7,12H,2,15H2,1H3. The van der Waals surface area contributed by atoms with Crippen molar-refractivity contribution >= 4 is 27.5 Å². The van der Waals surface area contributed by atoms with Crippen LogP contribution in [0.5, 0.6) is 0 Å². The van der Waals surface area contributed by atoms with E-state index < -0.39 is 0 Å². The van der Waals surface area contributed by atoms with E-state index in [0.29, 0.717) is 5.02 Å². The molecule has 0 bridgehead atoms. The fraction of sp³-hybridized carbons (Fsp3) is 0.250. The topological polar surface area (TPSA) is 43.8 Å². The fourth-order valence-electron chi connectivity index (χ4n) is 1.79. The minimum Gasteiger partial charge on any atom is -0.319 e. The highest BCUT2D eigenvalue weighted by molar-refractivity contribution is 9.10. The molecule has 0 spiro atoms. The molecule has 0 radical (unpaired) electrons. The molecule has 0 aliphatic heterocycles. The van der Waals surface area contributed by atoms with Crippen molar-refractivity contribution < 1.29 is 0 Å². The molecule has 5 heteroatoms. The Morgan fingerprint density at radius 3 is 2.94 bits per heavy atom. The van der Waals surface area contributed by atoms with Gasteiger partial charge >= 0.3 is 0 Å².